The standard InChI is InChI=1S/C9H10F2O/c1-7-6-8(12-5-4-10)2-3-9(7)11/h2-3,6H,4-5H2,1H3. The highest BCUT2D eigenvalue weighted by atomic mass is 19.1. The monoisotopic (exact) mass is 172 g/mol. The van der Waals surface area contributed by atoms with Crippen LogP contribution in [-0.2, 0) is 0 Å². The second kappa shape index (κ2) is 4.04. The molecule has 1 aromatic carbocycles. The van der Waals surface area contributed by atoms with Crippen LogP contribution in [0.5, 0.6) is 5.75 Å². The summed E-state index contributed by atoms with van der Waals surface area (Å²) in [7, 11) is 0. The lowest BCUT2D eigenvalue weighted by Crippen LogP contribution is -1.98. The first kappa shape index (κ1) is 8.97. The molecule has 12 heavy (non-hydrogen) atoms. The molecule has 0 N–H and O–H groups in total. The van der Waals surface area contributed by atoms with Gasteiger partial charge in [0.15, 0.2) is 0 Å². The Hall–Kier alpha value is -1.12. The van der Waals surface area contributed by atoms with Gasteiger partial charge in [-0.15, -0.1) is 0 Å². The molecule has 0 spiro atoms. The first-order valence-electron chi connectivity index (χ1n) is 3.69. The molecule has 0 aliphatic heterocycles. The van der Waals surface area contributed by atoms with Crippen LogP contribution in [0.2, 0.25) is 0 Å². The summed E-state index contributed by atoms with van der Waals surface area (Å²) in [4.78, 5) is 0. The third-order valence-corrected chi connectivity index (χ3v) is 1.48. The molecule has 1 rings (SSSR count). The molecule has 1 aromatic rings. The van der Waals surface area contributed by atoms with Gasteiger partial charge in [0.25, 0.3) is 0 Å². The van der Waals surface area contributed by atoms with Crippen molar-refractivity contribution >= 4 is 0 Å². The van der Waals surface area contributed by atoms with Crippen molar-refractivity contribution in [3.8, 4) is 5.75 Å². The lowest BCUT2D eigenvalue weighted by Gasteiger charge is -2.04. The Kier molecular flexibility index (Phi) is 3.02. The van der Waals surface area contributed by atoms with Crippen LogP contribution in [0, 0.1) is 12.7 Å². The molecule has 0 atom stereocenters. The first-order valence-corrected chi connectivity index (χ1v) is 3.69. The molecule has 0 aliphatic rings. The van der Waals surface area contributed by atoms with Crippen LogP contribution in [0.1, 0.15) is 5.56 Å². The number of aryl methyl sites for hydroxylation is 1. The van der Waals surface area contributed by atoms with Crippen molar-refractivity contribution < 1.29 is 13.5 Å². The molecular weight excluding hydrogens is 162 g/mol. The number of alkyl halides is 1. The Morgan fingerprint density at radius 3 is 2.75 bits per heavy atom. The van der Waals surface area contributed by atoms with Gasteiger partial charge in [-0.2, -0.15) is 0 Å². The van der Waals surface area contributed by atoms with E-state index in [1.165, 1.54) is 12.1 Å². The van der Waals surface area contributed by atoms with Gasteiger partial charge in [0.05, 0.1) is 0 Å². The van der Waals surface area contributed by atoms with E-state index in [9.17, 15) is 8.78 Å². The number of benzene rings is 1. The van der Waals surface area contributed by atoms with Crippen LogP contribution in [0.3, 0.4) is 0 Å². The topological polar surface area (TPSA) is 9.23 Å². The van der Waals surface area contributed by atoms with E-state index < -0.39 is 6.67 Å². The summed E-state index contributed by atoms with van der Waals surface area (Å²) in [6.07, 6.45) is 0. The third-order valence-electron chi connectivity index (χ3n) is 1.48. The molecular formula is C9H10F2O. The molecule has 0 aromatic heterocycles. The quantitative estimate of drug-likeness (QED) is 0.680. The number of ether oxygens (including phenoxy) is 1. The van der Waals surface area contributed by atoms with Gasteiger partial charge >= 0.3 is 0 Å². The minimum absolute atomic E-state index is 0.0189. The number of hydrogen-bond donors (Lipinski definition) is 0. The highest BCUT2D eigenvalue weighted by Crippen LogP contribution is 2.15. The molecule has 3 heteroatoms. The molecule has 0 amide bonds. The fraction of sp³-hybridized carbons (Fsp3) is 0.333. The molecule has 0 saturated carbocycles. The maximum Gasteiger partial charge on any atom is 0.126 e. The summed E-state index contributed by atoms with van der Waals surface area (Å²) in [5, 5.41) is 0. The Bertz CT molecular complexity index is 261. The van der Waals surface area contributed by atoms with Gasteiger partial charge < -0.3 is 4.74 Å². The second-order valence-electron chi connectivity index (χ2n) is 2.45. The van der Waals surface area contributed by atoms with Crippen LogP contribution >= 0.6 is 0 Å². The normalized spacial score (nSPS) is 9.92. The Labute approximate surface area is 70.0 Å². The lowest BCUT2D eigenvalue weighted by molar-refractivity contribution is 0.273. The average molecular weight is 172 g/mol. The van der Waals surface area contributed by atoms with E-state index in [1.807, 2.05) is 0 Å². The zero-order chi connectivity index (χ0) is 8.97. The van der Waals surface area contributed by atoms with Crippen LogP contribution in [0.4, 0.5) is 8.78 Å². The van der Waals surface area contributed by atoms with Crippen molar-refractivity contribution in [3.63, 3.8) is 0 Å². The van der Waals surface area contributed by atoms with E-state index in [0.29, 0.717) is 11.3 Å². The van der Waals surface area contributed by atoms with Gasteiger partial charge in [-0.1, -0.05) is 0 Å². The molecule has 0 aliphatic carbocycles. The van der Waals surface area contributed by atoms with Crippen molar-refractivity contribution in [2.45, 2.75) is 6.92 Å². The summed E-state index contributed by atoms with van der Waals surface area (Å²) in [5.74, 6) is 0.231. The van der Waals surface area contributed by atoms with Gasteiger partial charge in [-0.05, 0) is 30.7 Å². The Balaban J connectivity index is 2.69. The Morgan fingerprint density at radius 1 is 1.42 bits per heavy atom. The lowest BCUT2D eigenvalue weighted by atomic mass is 10.2. The van der Waals surface area contributed by atoms with E-state index in [-0.39, 0.29) is 12.4 Å². The maximum atomic E-state index is 12.7. The molecule has 0 bridgehead atoms. The van der Waals surface area contributed by atoms with Crippen molar-refractivity contribution in [3.05, 3.63) is 29.6 Å². The Morgan fingerprint density at radius 2 is 2.17 bits per heavy atom. The predicted molar refractivity (Wildman–Crippen MR) is 42.6 cm³/mol. The largest absolute Gasteiger partial charge is 0.491 e. The van der Waals surface area contributed by atoms with Gasteiger partial charge in [0.1, 0.15) is 24.8 Å². The van der Waals surface area contributed by atoms with Crippen LogP contribution < -0.4 is 4.74 Å². The van der Waals surface area contributed by atoms with Gasteiger partial charge in [0.2, 0.25) is 0 Å². The molecule has 0 radical (unpaired) electrons. The molecule has 0 heterocycles. The zero-order valence-corrected chi connectivity index (χ0v) is 6.81. The highest BCUT2D eigenvalue weighted by molar-refractivity contribution is 5.28. The van der Waals surface area contributed by atoms with Crippen molar-refractivity contribution in [2.24, 2.45) is 0 Å². The van der Waals surface area contributed by atoms with E-state index in [0.717, 1.165) is 0 Å². The first-order chi connectivity index (χ1) is 5.74. The summed E-state index contributed by atoms with van der Waals surface area (Å²) in [6.45, 7) is 1.12. The summed E-state index contributed by atoms with van der Waals surface area (Å²) in [5.41, 5.74) is 0.506. The minimum atomic E-state index is -0.531. The molecule has 66 valence electrons. The minimum Gasteiger partial charge on any atom is -0.491 e. The maximum absolute atomic E-state index is 12.7. The fourth-order valence-corrected chi connectivity index (χ4v) is 0.863. The smallest absolute Gasteiger partial charge is 0.126 e. The van der Waals surface area contributed by atoms with Crippen molar-refractivity contribution in [2.75, 3.05) is 13.3 Å². The predicted octanol–water partition coefficient (Wildman–Crippen LogP) is 2.48. The second-order valence-corrected chi connectivity index (χ2v) is 2.45. The SMILES string of the molecule is Cc1cc(OCCF)ccc1F. The van der Waals surface area contributed by atoms with Gasteiger partial charge in [0, 0.05) is 0 Å². The fourth-order valence-electron chi connectivity index (χ4n) is 0.863. The average Bonchev–Trinajstić information content (AvgIpc) is 2.07. The number of rotatable bonds is 3. The van der Waals surface area contributed by atoms with Gasteiger partial charge in [-0.3, -0.25) is 0 Å². The van der Waals surface area contributed by atoms with Gasteiger partial charge in [-0.25, -0.2) is 8.78 Å². The van der Waals surface area contributed by atoms with Crippen LogP contribution in [-0.4, -0.2) is 13.3 Å². The number of halogens is 2. The zero-order valence-electron chi connectivity index (χ0n) is 6.81. The van der Waals surface area contributed by atoms with Crippen molar-refractivity contribution in [1.82, 2.24) is 0 Å². The van der Waals surface area contributed by atoms with Crippen molar-refractivity contribution in [1.29, 1.82) is 0 Å². The summed E-state index contributed by atoms with van der Waals surface area (Å²) < 4.78 is 29.3. The van der Waals surface area contributed by atoms with Crippen LogP contribution in [0.25, 0.3) is 0 Å². The summed E-state index contributed by atoms with van der Waals surface area (Å²) in [6, 6.07) is 4.34. The molecule has 0 fully saturated rings. The third kappa shape index (κ3) is 2.19. The molecule has 0 saturated heterocycles. The summed E-state index contributed by atoms with van der Waals surface area (Å²) >= 11 is 0. The van der Waals surface area contributed by atoms with E-state index >= 15 is 0 Å². The number of hydrogen-bond acceptors (Lipinski definition) is 1. The van der Waals surface area contributed by atoms with E-state index in [4.69, 9.17) is 4.74 Å². The molecule has 1 nitrogen and oxygen atoms in total. The van der Waals surface area contributed by atoms with E-state index in [1.54, 1.807) is 13.0 Å². The van der Waals surface area contributed by atoms with Crippen LogP contribution in [0.15, 0.2) is 18.2 Å². The highest BCUT2D eigenvalue weighted by Gasteiger charge is 1.98. The molecule has 0 unspecified atom stereocenters. The van der Waals surface area contributed by atoms with E-state index in [2.05, 4.69) is 0 Å².